The van der Waals surface area contributed by atoms with Gasteiger partial charge >= 0.3 is 0 Å². The zero-order valence-corrected chi connectivity index (χ0v) is 10.9. The molecule has 0 saturated carbocycles. The highest BCUT2D eigenvalue weighted by Crippen LogP contribution is 2.26. The molecular weight excluding hydrogens is 242 g/mol. The van der Waals surface area contributed by atoms with E-state index in [1.807, 2.05) is 12.1 Å². The smallest absolute Gasteiger partial charge is 0.174 e. The summed E-state index contributed by atoms with van der Waals surface area (Å²) in [4.78, 5) is 0. The third kappa shape index (κ3) is 3.33. The Morgan fingerprint density at radius 2 is 1.84 bits per heavy atom. The Hall–Kier alpha value is -1.85. The summed E-state index contributed by atoms with van der Waals surface area (Å²) < 4.78 is 15.9. The third-order valence-corrected chi connectivity index (χ3v) is 2.97. The van der Waals surface area contributed by atoms with Gasteiger partial charge in [-0.1, -0.05) is 11.8 Å². The average molecular weight is 257 g/mol. The minimum absolute atomic E-state index is 0.00871. The second kappa shape index (κ2) is 6.36. The zero-order chi connectivity index (χ0) is 13.7. The molecule has 19 heavy (non-hydrogen) atoms. The van der Waals surface area contributed by atoms with E-state index in [0.717, 1.165) is 5.56 Å². The Morgan fingerprint density at radius 3 is 2.42 bits per heavy atom. The van der Waals surface area contributed by atoms with Gasteiger partial charge in [-0.3, -0.25) is 0 Å². The van der Waals surface area contributed by atoms with Gasteiger partial charge < -0.3 is 14.2 Å². The Bertz CT molecular complexity index is 521. The van der Waals surface area contributed by atoms with E-state index in [4.69, 9.17) is 19.5 Å². The third-order valence-electron chi connectivity index (χ3n) is 2.97. The lowest BCUT2D eigenvalue weighted by Crippen LogP contribution is -2.17. The fourth-order valence-corrected chi connectivity index (χ4v) is 1.92. The van der Waals surface area contributed by atoms with Gasteiger partial charge in [-0.15, -0.1) is 0 Å². The van der Waals surface area contributed by atoms with Crippen molar-refractivity contribution in [2.45, 2.75) is 19.0 Å². The highest BCUT2D eigenvalue weighted by atomic mass is 16.8. The van der Waals surface area contributed by atoms with Crippen LogP contribution in [-0.2, 0) is 14.2 Å². The van der Waals surface area contributed by atoms with E-state index in [-0.39, 0.29) is 18.5 Å². The summed E-state index contributed by atoms with van der Waals surface area (Å²) in [5.41, 5.74) is 1.50. The first-order valence-corrected chi connectivity index (χ1v) is 5.99. The minimum Gasteiger partial charge on any atom is -0.356 e. The second-order valence-corrected chi connectivity index (χ2v) is 4.21. The second-order valence-electron chi connectivity index (χ2n) is 4.21. The molecule has 1 heterocycles. The van der Waals surface area contributed by atoms with Crippen LogP contribution in [0.25, 0.3) is 0 Å². The molecule has 1 aromatic carbocycles. The summed E-state index contributed by atoms with van der Waals surface area (Å²) in [5, 5.41) is 8.72. The van der Waals surface area contributed by atoms with Crippen LogP contribution in [0.5, 0.6) is 0 Å². The fourth-order valence-electron chi connectivity index (χ4n) is 1.92. The molecule has 1 aliphatic rings. The Morgan fingerprint density at radius 1 is 1.16 bits per heavy atom. The molecule has 1 fully saturated rings. The lowest BCUT2D eigenvalue weighted by Gasteiger charge is -2.11. The van der Waals surface area contributed by atoms with E-state index in [0.29, 0.717) is 12.0 Å². The summed E-state index contributed by atoms with van der Waals surface area (Å²) in [5.74, 6) is 6.20. The highest BCUT2D eigenvalue weighted by molar-refractivity contribution is 5.40. The Kier molecular flexibility index (Phi) is 4.54. The molecule has 0 bridgehead atoms. The highest BCUT2D eigenvalue weighted by Gasteiger charge is 2.34. The molecule has 1 aromatic rings. The molecule has 0 radical (unpaired) electrons. The Labute approximate surface area is 112 Å². The molecule has 4 heteroatoms. The first-order valence-electron chi connectivity index (χ1n) is 5.99. The van der Waals surface area contributed by atoms with Gasteiger partial charge in [0, 0.05) is 26.2 Å². The molecule has 98 valence electrons. The molecule has 3 atom stereocenters. The number of nitrogens with zero attached hydrogens (tertiary/aromatic N) is 1. The van der Waals surface area contributed by atoms with Gasteiger partial charge in [-0.2, -0.15) is 5.26 Å². The summed E-state index contributed by atoms with van der Waals surface area (Å²) >= 11 is 0. The minimum atomic E-state index is -0.351. The zero-order valence-electron chi connectivity index (χ0n) is 10.9. The lowest BCUT2D eigenvalue weighted by molar-refractivity contribution is -0.189. The number of methoxy groups -OCH3 is 2. The van der Waals surface area contributed by atoms with Gasteiger partial charge in [0.25, 0.3) is 0 Å². The van der Waals surface area contributed by atoms with Crippen LogP contribution in [0, 0.1) is 29.1 Å². The quantitative estimate of drug-likeness (QED) is 0.759. The maximum Gasteiger partial charge on any atom is 0.174 e. The van der Waals surface area contributed by atoms with E-state index in [1.54, 1.807) is 26.4 Å². The molecule has 1 aliphatic heterocycles. The van der Waals surface area contributed by atoms with Gasteiger partial charge in [0.2, 0.25) is 0 Å². The summed E-state index contributed by atoms with van der Waals surface area (Å²) in [6, 6.07) is 9.24. The molecule has 0 aromatic heterocycles. The molecule has 3 unspecified atom stereocenters. The number of nitriles is 1. The van der Waals surface area contributed by atoms with E-state index < -0.39 is 0 Å². The van der Waals surface area contributed by atoms with Crippen LogP contribution in [-0.4, -0.2) is 26.8 Å². The van der Waals surface area contributed by atoms with Crippen molar-refractivity contribution >= 4 is 0 Å². The van der Waals surface area contributed by atoms with E-state index in [2.05, 4.69) is 17.9 Å². The molecule has 4 nitrogen and oxygen atoms in total. The van der Waals surface area contributed by atoms with E-state index in [1.165, 1.54) is 0 Å². The van der Waals surface area contributed by atoms with Crippen LogP contribution < -0.4 is 0 Å². The molecule has 0 amide bonds. The summed E-state index contributed by atoms with van der Waals surface area (Å²) in [6.07, 6.45) is 0.0826. The number of hydrogen-bond acceptors (Lipinski definition) is 4. The van der Waals surface area contributed by atoms with Crippen molar-refractivity contribution in [3.8, 4) is 17.9 Å². The van der Waals surface area contributed by atoms with Crippen molar-refractivity contribution in [3.05, 3.63) is 35.4 Å². The molecule has 0 N–H and O–H groups in total. The van der Waals surface area contributed by atoms with Crippen LogP contribution in [0.2, 0.25) is 0 Å². The summed E-state index contributed by atoms with van der Waals surface area (Å²) in [7, 11) is 3.20. The van der Waals surface area contributed by atoms with Gasteiger partial charge in [-0.25, -0.2) is 0 Å². The van der Waals surface area contributed by atoms with Crippen LogP contribution in [0.3, 0.4) is 0 Å². The molecule has 1 saturated heterocycles. The maximum absolute atomic E-state index is 8.72. The molecule has 0 spiro atoms. The predicted molar refractivity (Wildman–Crippen MR) is 68.8 cm³/mol. The van der Waals surface area contributed by atoms with Crippen molar-refractivity contribution in [2.24, 2.45) is 5.92 Å². The van der Waals surface area contributed by atoms with Crippen molar-refractivity contribution < 1.29 is 14.2 Å². The van der Waals surface area contributed by atoms with Crippen molar-refractivity contribution in [3.63, 3.8) is 0 Å². The normalized spacial score (nSPS) is 25.4. The average Bonchev–Trinajstić information content (AvgIpc) is 2.88. The molecule has 0 aliphatic carbocycles. The topological polar surface area (TPSA) is 51.5 Å². The molecular formula is C15H15NO3. The van der Waals surface area contributed by atoms with Crippen molar-refractivity contribution in [1.29, 1.82) is 5.26 Å². The number of ether oxygens (including phenoxy) is 3. The molecule has 2 rings (SSSR count). The summed E-state index contributed by atoms with van der Waals surface area (Å²) in [6.45, 7) is 0. The lowest BCUT2D eigenvalue weighted by atomic mass is 10.1. The van der Waals surface area contributed by atoms with Gasteiger partial charge in [0.15, 0.2) is 12.6 Å². The number of rotatable bonds is 2. The fraction of sp³-hybridized carbons (Fsp3) is 0.400. The predicted octanol–water partition coefficient (Wildman–Crippen LogP) is 1.89. The first-order chi connectivity index (χ1) is 9.26. The van der Waals surface area contributed by atoms with Gasteiger partial charge in [0.1, 0.15) is 0 Å². The van der Waals surface area contributed by atoms with Crippen LogP contribution >= 0.6 is 0 Å². The van der Waals surface area contributed by atoms with Crippen LogP contribution in [0.4, 0.5) is 0 Å². The first kappa shape index (κ1) is 13.6. The standard InChI is InChI=1S/C15H15NO3/c1-17-14-9-13(15(18-2)19-14)8-7-11-3-5-12(10-16)6-4-11/h3-6,13-15H,9H2,1-2H3. The van der Waals surface area contributed by atoms with Crippen LogP contribution in [0.15, 0.2) is 24.3 Å². The van der Waals surface area contributed by atoms with E-state index in [9.17, 15) is 0 Å². The largest absolute Gasteiger partial charge is 0.356 e. The monoisotopic (exact) mass is 257 g/mol. The van der Waals surface area contributed by atoms with Crippen LogP contribution in [0.1, 0.15) is 17.5 Å². The number of hydrogen-bond donors (Lipinski definition) is 0. The Balaban J connectivity index is 2.08. The maximum atomic E-state index is 8.72. The number of benzene rings is 1. The SMILES string of the molecule is COC1CC(C#Cc2ccc(C#N)cc2)C(OC)O1. The van der Waals surface area contributed by atoms with Crippen molar-refractivity contribution in [2.75, 3.05) is 14.2 Å². The van der Waals surface area contributed by atoms with Crippen molar-refractivity contribution in [1.82, 2.24) is 0 Å². The van der Waals surface area contributed by atoms with Gasteiger partial charge in [0.05, 0.1) is 17.6 Å². The van der Waals surface area contributed by atoms with Gasteiger partial charge in [-0.05, 0) is 24.3 Å². The van der Waals surface area contributed by atoms with E-state index >= 15 is 0 Å².